The van der Waals surface area contributed by atoms with Crippen molar-refractivity contribution in [2.45, 2.75) is 20.4 Å². The number of anilines is 1. The van der Waals surface area contributed by atoms with Crippen LogP contribution in [0.3, 0.4) is 0 Å². The highest BCUT2D eigenvalue weighted by Crippen LogP contribution is 2.30. The van der Waals surface area contributed by atoms with Gasteiger partial charge in [-0.15, -0.1) is 22.7 Å². The summed E-state index contributed by atoms with van der Waals surface area (Å²) >= 11 is 3.07. The monoisotopic (exact) mass is 367 g/mol. The minimum atomic E-state index is -0.0378. The number of aromatic nitrogens is 1. The summed E-state index contributed by atoms with van der Waals surface area (Å²) in [4.78, 5) is 21.8. The van der Waals surface area contributed by atoms with E-state index >= 15 is 0 Å². The van der Waals surface area contributed by atoms with Crippen LogP contribution in [0.15, 0.2) is 22.5 Å². The number of ether oxygens (including phenoxy) is 1. The molecule has 0 saturated carbocycles. The van der Waals surface area contributed by atoms with Crippen molar-refractivity contribution in [2.75, 3.05) is 25.1 Å². The van der Waals surface area contributed by atoms with Crippen molar-refractivity contribution in [3.05, 3.63) is 22.4 Å². The fourth-order valence-electron chi connectivity index (χ4n) is 1.79. The second kappa shape index (κ2) is 9.36. The molecule has 0 fully saturated rings. The van der Waals surface area contributed by atoms with E-state index in [2.05, 4.69) is 20.6 Å². The van der Waals surface area contributed by atoms with Crippen LogP contribution in [0.2, 0.25) is 0 Å². The lowest BCUT2D eigenvalue weighted by atomic mass is 10.3. The number of guanidine groups is 1. The molecule has 4 N–H and O–H groups in total. The summed E-state index contributed by atoms with van der Waals surface area (Å²) in [6.45, 7) is 5.72. The molecule has 2 heterocycles. The first-order chi connectivity index (χ1) is 11.6. The summed E-state index contributed by atoms with van der Waals surface area (Å²) in [6.07, 6.45) is 0. The number of nitrogens with zero attached hydrogens (tertiary/aromatic N) is 2. The van der Waals surface area contributed by atoms with E-state index in [-0.39, 0.29) is 5.91 Å². The third-order valence-electron chi connectivity index (χ3n) is 2.89. The fourth-order valence-corrected chi connectivity index (χ4v) is 3.49. The van der Waals surface area contributed by atoms with Gasteiger partial charge in [0.05, 0.1) is 30.3 Å². The SMILES string of the molecule is CCOCCN=C(N)Nc1nc(-c2ccc(CNC(C)=O)s2)cs1. The molecule has 2 rings (SSSR count). The Morgan fingerprint density at radius 3 is 3.04 bits per heavy atom. The van der Waals surface area contributed by atoms with Crippen LogP contribution in [0.5, 0.6) is 0 Å². The van der Waals surface area contributed by atoms with E-state index in [0.29, 0.717) is 37.4 Å². The van der Waals surface area contributed by atoms with Crippen molar-refractivity contribution < 1.29 is 9.53 Å². The maximum atomic E-state index is 11.0. The first kappa shape index (κ1) is 18.4. The number of carbonyl (C=O) groups excluding carboxylic acids is 1. The number of thiazole rings is 1. The smallest absolute Gasteiger partial charge is 0.217 e. The third-order valence-corrected chi connectivity index (χ3v) is 4.75. The molecule has 0 saturated heterocycles. The Hall–Kier alpha value is -1.97. The van der Waals surface area contributed by atoms with Crippen molar-refractivity contribution in [1.29, 1.82) is 0 Å². The summed E-state index contributed by atoms with van der Waals surface area (Å²) < 4.78 is 5.20. The van der Waals surface area contributed by atoms with Crippen LogP contribution in [0.4, 0.5) is 5.13 Å². The van der Waals surface area contributed by atoms with Crippen LogP contribution in [0, 0.1) is 0 Å². The van der Waals surface area contributed by atoms with Gasteiger partial charge in [-0.3, -0.25) is 9.79 Å². The number of amides is 1. The highest BCUT2D eigenvalue weighted by atomic mass is 32.1. The van der Waals surface area contributed by atoms with E-state index in [4.69, 9.17) is 10.5 Å². The maximum absolute atomic E-state index is 11.0. The fraction of sp³-hybridized carbons (Fsp3) is 0.400. The first-order valence-electron chi connectivity index (χ1n) is 7.52. The lowest BCUT2D eigenvalue weighted by Crippen LogP contribution is -2.23. The molecule has 0 radical (unpaired) electrons. The van der Waals surface area contributed by atoms with Crippen LogP contribution in [-0.2, 0) is 16.1 Å². The lowest BCUT2D eigenvalue weighted by Gasteiger charge is -2.01. The number of rotatable bonds is 8. The standard InChI is InChI=1S/C15H21N5O2S2/c1-3-22-7-6-17-14(16)20-15-19-12(9-23-15)13-5-4-11(24-13)8-18-10(2)21/h4-5,9H,3,6-8H2,1-2H3,(H,18,21)(H3,16,17,19,20). The van der Waals surface area contributed by atoms with Crippen molar-refractivity contribution in [3.8, 4) is 10.6 Å². The predicted molar refractivity (Wildman–Crippen MR) is 99.6 cm³/mol. The Kier molecular flexibility index (Phi) is 7.16. The number of nitrogens with one attached hydrogen (secondary N) is 2. The van der Waals surface area contributed by atoms with Crippen molar-refractivity contribution in [1.82, 2.24) is 10.3 Å². The van der Waals surface area contributed by atoms with Crippen molar-refractivity contribution in [2.24, 2.45) is 10.7 Å². The normalized spacial score (nSPS) is 11.5. The van der Waals surface area contributed by atoms with E-state index in [1.165, 1.54) is 18.3 Å². The number of hydrogen-bond acceptors (Lipinski definition) is 6. The Balaban J connectivity index is 1.91. The predicted octanol–water partition coefficient (Wildman–Crippen LogP) is 2.27. The third kappa shape index (κ3) is 5.91. The van der Waals surface area contributed by atoms with Gasteiger partial charge in [0.1, 0.15) is 0 Å². The van der Waals surface area contributed by atoms with E-state index in [9.17, 15) is 4.79 Å². The molecule has 7 nitrogen and oxygen atoms in total. The quantitative estimate of drug-likeness (QED) is 0.377. The summed E-state index contributed by atoms with van der Waals surface area (Å²) in [5.41, 5.74) is 6.70. The number of carbonyl (C=O) groups is 1. The van der Waals surface area contributed by atoms with Gasteiger partial charge in [0.25, 0.3) is 0 Å². The van der Waals surface area contributed by atoms with Crippen LogP contribution in [0.1, 0.15) is 18.7 Å². The minimum absolute atomic E-state index is 0.0378. The second-order valence-corrected chi connectivity index (χ2v) is 6.83. The Morgan fingerprint density at radius 2 is 2.29 bits per heavy atom. The van der Waals surface area contributed by atoms with Crippen LogP contribution >= 0.6 is 22.7 Å². The minimum Gasteiger partial charge on any atom is -0.380 e. The van der Waals surface area contributed by atoms with Gasteiger partial charge < -0.3 is 21.1 Å². The highest BCUT2D eigenvalue weighted by molar-refractivity contribution is 7.17. The molecule has 0 bridgehead atoms. The van der Waals surface area contributed by atoms with Crippen LogP contribution in [-0.4, -0.2) is 36.6 Å². The van der Waals surface area contributed by atoms with Gasteiger partial charge in [0.2, 0.25) is 5.91 Å². The van der Waals surface area contributed by atoms with E-state index in [1.807, 2.05) is 24.4 Å². The van der Waals surface area contributed by atoms with E-state index < -0.39 is 0 Å². The maximum Gasteiger partial charge on any atom is 0.217 e. The molecule has 2 aromatic heterocycles. The lowest BCUT2D eigenvalue weighted by molar-refractivity contribution is -0.119. The summed E-state index contributed by atoms with van der Waals surface area (Å²) in [5.74, 6) is 0.289. The summed E-state index contributed by atoms with van der Waals surface area (Å²) in [7, 11) is 0. The molecule has 0 aliphatic rings. The molecule has 24 heavy (non-hydrogen) atoms. The number of hydrogen-bond donors (Lipinski definition) is 3. The number of nitrogens with two attached hydrogens (primary N) is 1. The average Bonchev–Trinajstić information content (AvgIpc) is 3.18. The van der Waals surface area contributed by atoms with Crippen molar-refractivity contribution in [3.63, 3.8) is 0 Å². The van der Waals surface area contributed by atoms with Crippen LogP contribution < -0.4 is 16.4 Å². The van der Waals surface area contributed by atoms with Gasteiger partial charge >= 0.3 is 0 Å². The molecule has 0 aromatic carbocycles. The van der Waals surface area contributed by atoms with E-state index in [0.717, 1.165) is 15.4 Å². The molecule has 0 aliphatic carbocycles. The largest absolute Gasteiger partial charge is 0.380 e. The molecule has 9 heteroatoms. The molecule has 0 unspecified atom stereocenters. The summed E-state index contributed by atoms with van der Waals surface area (Å²) in [5, 5.41) is 8.42. The highest BCUT2D eigenvalue weighted by Gasteiger charge is 2.08. The average molecular weight is 368 g/mol. The zero-order chi connectivity index (χ0) is 17.4. The molecule has 2 aromatic rings. The molecular formula is C15H21N5O2S2. The molecule has 0 aliphatic heterocycles. The molecular weight excluding hydrogens is 346 g/mol. The molecule has 130 valence electrons. The van der Waals surface area contributed by atoms with Gasteiger partial charge in [-0.25, -0.2) is 4.98 Å². The van der Waals surface area contributed by atoms with Gasteiger partial charge in [-0.2, -0.15) is 0 Å². The second-order valence-electron chi connectivity index (χ2n) is 4.80. The topological polar surface area (TPSA) is 102 Å². The zero-order valence-corrected chi connectivity index (χ0v) is 15.3. The van der Waals surface area contributed by atoms with Gasteiger partial charge in [-0.1, -0.05) is 0 Å². The Bertz CT molecular complexity index is 696. The van der Waals surface area contributed by atoms with Gasteiger partial charge in [0.15, 0.2) is 11.1 Å². The molecule has 0 spiro atoms. The Morgan fingerprint density at radius 1 is 1.46 bits per heavy atom. The van der Waals surface area contributed by atoms with Gasteiger partial charge in [-0.05, 0) is 19.1 Å². The summed E-state index contributed by atoms with van der Waals surface area (Å²) in [6, 6.07) is 3.99. The number of thiophene rings is 1. The van der Waals surface area contributed by atoms with Gasteiger partial charge in [0, 0.05) is 23.8 Å². The van der Waals surface area contributed by atoms with E-state index in [1.54, 1.807) is 11.3 Å². The molecule has 1 amide bonds. The molecule has 0 atom stereocenters. The Labute approximate surface area is 149 Å². The van der Waals surface area contributed by atoms with Crippen LogP contribution in [0.25, 0.3) is 10.6 Å². The first-order valence-corrected chi connectivity index (χ1v) is 9.21. The van der Waals surface area contributed by atoms with Crippen molar-refractivity contribution >= 4 is 39.7 Å². The zero-order valence-electron chi connectivity index (χ0n) is 13.7. The number of aliphatic imine (C=N–C) groups is 1.